The molecule has 0 spiro atoms. The van der Waals surface area contributed by atoms with Gasteiger partial charge in [0.2, 0.25) is 11.8 Å². The number of aliphatic carboxylic acids is 4. The third-order valence-corrected chi connectivity index (χ3v) is 20.3. The SMILES string of the molecule is CN1CCCC1=O.CN1CCCC1=O.COc1ccc2c(c1)c(CC(=O)[O-])c(C)n2C(=O)c1ccc(Cl)cc1.COc1ccc2c(c1)c(CC(=O)[O-])c(C)n2C(=O)c1ccc(Cl)cc1.COc1ccc2c(c1)c(CC(=O)[O-])c(C)n2C(=O)c1ccc(Cl)cc1.COc1ccc2c(c1)c(CC(=O)[O-])c(C)n2C(=O)c1ccc(Cl)cc1.[Cu+2].[Cu+2]. The van der Waals surface area contributed by atoms with Crippen molar-refractivity contribution in [1.82, 2.24) is 28.1 Å². The van der Waals surface area contributed by atoms with Crippen molar-refractivity contribution in [2.75, 3.05) is 55.6 Å². The minimum absolute atomic E-state index is 0. The van der Waals surface area contributed by atoms with Crippen molar-refractivity contribution in [3.8, 4) is 23.0 Å². The summed E-state index contributed by atoms with van der Waals surface area (Å²) in [7, 11) is 9.81. The van der Waals surface area contributed by atoms with Gasteiger partial charge in [0.05, 0.1) is 50.5 Å². The first-order valence-corrected chi connectivity index (χ1v) is 37.0. The molecule has 24 nitrogen and oxygen atoms in total. The number of benzene rings is 8. The normalized spacial score (nSPS) is 11.9. The number of methoxy groups -OCH3 is 4. The first-order chi connectivity index (χ1) is 54.3. The maximum absolute atomic E-state index is 13.0. The molecule has 30 heteroatoms. The summed E-state index contributed by atoms with van der Waals surface area (Å²) in [6, 6.07) is 47.0. The Bertz CT molecular complexity index is 5010. The van der Waals surface area contributed by atoms with Crippen LogP contribution in [0, 0.1) is 27.7 Å². The van der Waals surface area contributed by atoms with Gasteiger partial charge in [0.15, 0.2) is 0 Å². The van der Waals surface area contributed by atoms with E-state index < -0.39 is 23.9 Å². The Hall–Kier alpha value is -11.2. The molecule has 4 aromatic heterocycles. The summed E-state index contributed by atoms with van der Waals surface area (Å²) < 4.78 is 26.9. The molecular formula is C86H78Cl4Cu2N6O18. The van der Waals surface area contributed by atoms with E-state index in [2.05, 4.69) is 0 Å². The van der Waals surface area contributed by atoms with E-state index in [9.17, 15) is 68.4 Å². The summed E-state index contributed by atoms with van der Waals surface area (Å²) in [5, 5.41) is 49.4. The number of nitrogens with zero attached hydrogens (tertiary/aromatic N) is 6. The Morgan fingerprint density at radius 3 is 0.655 bits per heavy atom. The number of rotatable bonds is 16. The minimum Gasteiger partial charge on any atom is -0.550 e. The number of amides is 2. The Morgan fingerprint density at radius 1 is 0.328 bits per heavy atom. The maximum atomic E-state index is 13.0. The third kappa shape index (κ3) is 21.9. The Balaban J connectivity index is 0.000000201. The molecule has 116 heavy (non-hydrogen) atoms. The maximum Gasteiger partial charge on any atom is 2.00 e. The van der Waals surface area contributed by atoms with Gasteiger partial charge in [-0.15, -0.1) is 0 Å². The van der Waals surface area contributed by atoms with Gasteiger partial charge in [-0.25, -0.2) is 0 Å². The average Bonchev–Trinajstić information content (AvgIpc) is 1.63. The van der Waals surface area contributed by atoms with Gasteiger partial charge in [-0.05, 0) is 233 Å². The molecule has 0 N–H and O–H groups in total. The molecule has 2 aliphatic rings. The van der Waals surface area contributed by atoms with Gasteiger partial charge < -0.3 is 68.4 Å². The van der Waals surface area contributed by atoms with E-state index in [0.717, 1.165) is 38.8 Å². The van der Waals surface area contributed by atoms with Gasteiger partial charge in [-0.3, -0.25) is 47.0 Å². The predicted molar refractivity (Wildman–Crippen MR) is 426 cm³/mol. The molecule has 0 atom stereocenters. The number of halogens is 4. The first kappa shape index (κ1) is 92.0. The van der Waals surface area contributed by atoms with E-state index >= 15 is 0 Å². The molecule has 0 saturated carbocycles. The van der Waals surface area contributed by atoms with Gasteiger partial charge in [0, 0.05) is 176 Å². The van der Waals surface area contributed by atoms with Crippen molar-refractivity contribution in [3.05, 3.63) is 257 Å². The van der Waals surface area contributed by atoms with E-state index in [0.29, 0.717) is 166 Å². The summed E-state index contributed by atoms with van der Waals surface area (Å²) in [5.74, 6) is -2.91. The first-order valence-electron chi connectivity index (χ1n) is 35.5. The van der Waals surface area contributed by atoms with Crippen molar-refractivity contribution < 1.29 is 121 Å². The van der Waals surface area contributed by atoms with Crippen LogP contribution >= 0.6 is 46.4 Å². The second kappa shape index (κ2) is 41.4. The van der Waals surface area contributed by atoms with Crippen LogP contribution in [0.4, 0.5) is 0 Å². The van der Waals surface area contributed by atoms with Crippen molar-refractivity contribution in [3.63, 3.8) is 0 Å². The molecule has 2 saturated heterocycles. The van der Waals surface area contributed by atoms with Crippen LogP contribution in [0.1, 0.15) is 112 Å². The summed E-state index contributed by atoms with van der Waals surface area (Å²) in [4.78, 5) is 121. The largest absolute Gasteiger partial charge is 2.00 e. The molecule has 8 aromatic carbocycles. The zero-order valence-corrected chi connectivity index (χ0v) is 69.3. The number of aromatic nitrogens is 4. The summed E-state index contributed by atoms with van der Waals surface area (Å²) >= 11 is 23.5. The smallest absolute Gasteiger partial charge is 0.550 e. The summed E-state index contributed by atoms with van der Waals surface area (Å²) in [6.07, 6.45) is 2.50. The molecule has 0 unspecified atom stereocenters. The molecule has 12 aromatic rings. The molecule has 2 radical (unpaired) electrons. The van der Waals surface area contributed by atoms with Crippen molar-refractivity contribution in [2.24, 2.45) is 0 Å². The van der Waals surface area contributed by atoms with Gasteiger partial charge in [-0.2, -0.15) is 0 Å². The quantitative estimate of drug-likeness (QED) is 0.0811. The van der Waals surface area contributed by atoms with Gasteiger partial charge in [0.1, 0.15) is 23.0 Å². The molecule has 2 aliphatic heterocycles. The number of carboxylic acids is 4. The van der Waals surface area contributed by atoms with Crippen molar-refractivity contribution in [1.29, 1.82) is 0 Å². The number of carboxylic acid groups (broad SMARTS) is 4. The van der Waals surface area contributed by atoms with Crippen LogP contribution in [-0.2, 0) is 88.6 Å². The standard InChI is InChI=1S/4C19H16ClNO4.2C5H9NO.2Cu/c4*1-11-15(10-18(22)23)16-9-14(25-2)7-8-17(16)21(11)19(24)12-3-5-13(20)6-4-12;2*1-6-4-2-3-5(6)7;;/h4*3-9H,10H2,1-2H3,(H,22,23);2*2-4H2,1H3;;/q;;;;;;2*+2/p-4. The van der Waals surface area contributed by atoms with E-state index in [1.165, 1.54) is 46.7 Å². The number of hydrogen-bond donors (Lipinski definition) is 0. The fourth-order valence-electron chi connectivity index (χ4n) is 13.3. The monoisotopic (exact) mass is 1750 g/mol. The van der Waals surface area contributed by atoms with Crippen LogP contribution in [-0.4, -0.2) is 143 Å². The number of carbonyl (C=O) groups is 10. The topological polar surface area (TPSA) is 326 Å². The van der Waals surface area contributed by atoms with Crippen LogP contribution in [0.25, 0.3) is 43.6 Å². The molecule has 0 aliphatic carbocycles. The summed E-state index contributed by atoms with van der Waals surface area (Å²) in [6.45, 7) is 8.80. The number of hydrogen-bond acceptors (Lipinski definition) is 18. The minimum atomic E-state index is -1.20. The van der Waals surface area contributed by atoms with Crippen molar-refractivity contribution in [2.45, 2.75) is 79.1 Å². The zero-order valence-electron chi connectivity index (χ0n) is 64.4. The van der Waals surface area contributed by atoms with E-state index in [1.54, 1.807) is 207 Å². The molecule has 2 fully saturated rings. The molecule has 6 heterocycles. The molecule has 0 bridgehead atoms. The average molecular weight is 1750 g/mol. The number of fused-ring (bicyclic) bond motifs is 4. The zero-order chi connectivity index (χ0) is 83.1. The second-order valence-electron chi connectivity index (χ2n) is 26.4. The Labute approximate surface area is 708 Å². The number of carbonyl (C=O) groups excluding carboxylic acids is 10. The van der Waals surface area contributed by atoms with Crippen molar-refractivity contribution >= 4 is 149 Å². The van der Waals surface area contributed by atoms with Gasteiger partial charge >= 0.3 is 34.1 Å². The van der Waals surface area contributed by atoms with Crippen LogP contribution in [0.5, 0.6) is 23.0 Å². The Kier molecular flexibility index (Phi) is 32.8. The fraction of sp³-hybridized carbons (Fsp3) is 0.233. The van der Waals surface area contributed by atoms with Crippen LogP contribution in [0.15, 0.2) is 170 Å². The van der Waals surface area contributed by atoms with Crippen LogP contribution < -0.4 is 39.4 Å². The molecule has 610 valence electrons. The molecule has 2 amide bonds. The third-order valence-electron chi connectivity index (χ3n) is 19.2. The second-order valence-corrected chi connectivity index (χ2v) is 28.2. The van der Waals surface area contributed by atoms with Crippen LogP contribution in [0.3, 0.4) is 0 Å². The predicted octanol–water partition coefficient (Wildman–Crippen LogP) is 10.8. The molecular weight excluding hydrogens is 1670 g/mol. The van der Waals surface area contributed by atoms with Gasteiger partial charge in [-0.1, -0.05) is 46.4 Å². The fourth-order valence-corrected chi connectivity index (χ4v) is 13.8. The van der Waals surface area contributed by atoms with Crippen LogP contribution in [0.2, 0.25) is 20.1 Å². The number of likely N-dealkylation sites (tertiary alicyclic amines) is 2. The van der Waals surface area contributed by atoms with E-state index in [1.807, 2.05) is 14.1 Å². The molecule has 14 rings (SSSR count). The van der Waals surface area contributed by atoms with E-state index in [4.69, 9.17) is 65.4 Å². The van der Waals surface area contributed by atoms with E-state index in [-0.39, 0.29) is 83.4 Å². The summed E-state index contributed by atoms with van der Waals surface area (Å²) in [5.41, 5.74) is 8.72. The van der Waals surface area contributed by atoms with Gasteiger partial charge in [0.25, 0.3) is 23.6 Å². The Morgan fingerprint density at radius 2 is 0.517 bits per heavy atom. The number of ether oxygens (including phenoxy) is 4.